The molecule has 2 aromatic rings. The van der Waals surface area contributed by atoms with Crippen LogP contribution in [-0.4, -0.2) is 7.05 Å². The summed E-state index contributed by atoms with van der Waals surface area (Å²) >= 11 is 12.3. The number of rotatable bonds is 4. The number of para-hydroxylation sites is 1. The Hall–Kier alpha value is -0.930. The lowest BCUT2D eigenvalue weighted by atomic mass is 10.1. The summed E-state index contributed by atoms with van der Waals surface area (Å²) in [6.45, 7) is 2.05. The van der Waals surface area contributed by atoms with Gasteiger partial charge in [0.25, 0.3) is 0 Å². The minimum atomic E-state index is 0. The second-order valence-electron chi connectivity index (χ2n) is 4.23. The van der Waals surface area contributed by atoms with Crippen molar-refractivity contribution in [2.24, 2.45) is 0 Å². The van der Waals surface area contributed by atoms with Crippen LogP contribution in [0.15, 0.2) is 42.5 Å². The molecule has 0 saturated heterocycles. The third-order valence-electron chi connectivity index (χ3n) is 2.94. The number of hydrogen-bond acceptors (Lipinski definition) is 2. The Bertz CT molecular complexity index is 575. The van der Waals surface area contributed by atoms with Gasteiger partial charge in [-0.05, 0) is 43.8 Å². The highest BCUT2D eigenvalue weighted by Gasteiger charge is 2.09. The topological polar surface area (TPSA) is 21.3 Å². The van der Waals surface area contributed by atoms with Crippen LogP contribution in [0, 0.1) is 0 Å². The van der Waals surface area contributed by atoms with Gasteiger partial charge in [-0.3, -0.25) is 0 Å². The summed E-state index contributed by atoms with van der Waals surface area (Å²) in [4.78, 5) is 0. The first-order valence-corrected chi connectivity index (χ1v) is 6.76. The minimum absolute atomic E-state index is 0. The Morgan fingerprint density at radius 3 is 2.35 bits per heavy atom. The predicted octanol–water partition coefficient (Wildman–Crippen LogP) is 5.49. The molecule has 2 aromatic carbocycles. The lowest BCUT2D eigenvalue weighted by Crippen LogP contribution is -2.12. The van der Waals surface area contributed by atoms with Crippen LogP contribution in [0.1, 0.15) is 18.5 Å². The van der Waals surface area contributed by atoms with E-state index in [1.807, 2.05) is 37.4 Å². The van der Waals surface area contributed by atoms with E-state index in [4.69, 9.17) is 27.9 Å². The average molecular weight is 333 g/mol. The second kappa shape index (κ2) is 7.75. The summed E-state index contributed by atoms with van der Waals surface area (Å²) in [5, 5.41) is 4.40. The minimum Gasteiger partial charge on any atom is -0.456 e. The molecule has 108 valence electrons. The van der Waals surface area contributed by atoms with Crippen molar-refractivity contribution in [3.63, 3.8) is 0 Å². The van der Waals surface area contributed by atoms with Crippen LogP contribution in [0.5, 0.6) is 11.5 Å². The molecule has 0 aliphatic rings. The molecular weight excluding hydrogens is 317 g/mol. The van der Waals surface area contributed by atoms with E-state index in [1.165, 1.54) is 0 Å². The molecule has 0 bridgehead atoms. The summed E-state index contributed by atoms with van der Waals surface area (Å²) < 4.78 is 5.72. The molecule has 0 spiro atoms. The van der Waals surface area contributed by atoms with Crippen molar-refractivity contribution in [1.82, 2.24) is 5.32 Å². The van der Waals surface area contributed by atoms with Crippen LogP contribution >= 0.6 is 35.6 Å². The van der Waals surface area contributed by atoms with Crippen LogP contribution in [0.25, 0.3) is 0 Å². The summed E-state index contributed by atoms with van der Waals surface area (Å²) in [5.74, 6) is 1.29. The molecule has 2 rings (SSSR count). The van der Waals surface area contributed by atoms with Crippen LogP contribution in [-0.2, 0) is 0 Å². The van der Waals surface area contributed by atoms with E-state index in [2.05, 4.69) is 12.2 Å². The molecule has 0 fully saturated rings. The fourth-order valence-corrected chi connectivity index (χ4v) is 2.24. The van der Waals surface area contributed by atoms with Crippen molar-refractivity contribution < 1.29 is 4.74 Å². The normalized spacial score (nSPS) is 11.6. The van der Waals surface area contributed by atoms with E-state index in [9.17, 15) is 0 Å². The average Bonchev–Trinajstić information content (AvgIpc) is 2.41. The van der Waals surface area contributed by atoms with Crippen molar-refractivity contribution >= 4 is 35.6 Å². The first-order chi connectivity index (χ1) is 9.11. The fourth-order valence-electron chi connectivity index (χ4n) is 1.73. The summed E-state index contributed by atoms with van der Waals surface area (Å²) in [5.41, 5.74) is 1.04. The summed E-state index contributed by atoms with van der Waals surface area (Å²) in [6, 6.07) is 13.2. The smallest absolute Gasteiger partial charge is 0.146 e. The molecule has 0 amide bonds. The third-order valence-corrected chi connectivity index (χ3v) is 3.58. The van der Waals surface area contributed by atoms with Gasteiger partial charge in [0.2, 0.25) is 0 Å². The first kappa shape index (κ1) is 17.1. The molecule has 0 aliphatic carbocycles. The van der Waals surface area contributed by atoms with Crippen LogP contribution in [0.3, 0.4) is 0 Å². The SMILES string of the molecule is CNC(C)c1ccc(Oc2ccccc2Cl)cc1Cl.Cl. The van der Waals surface area contributed by atoms with Crippen molar-refractivity contribution in [2.45, 2.75) is 13.0 Å². The fraction of sp³-hybridized carbons (Fsp3) is 0.200. The number of hydrogen-bond donors (Lipinski definition) is 1. The van der Waals surface area contributed by atoms with Crippen molar-refractivity contribution in [3.05, 3.63) is 58.1 Å². The number of benzene rings is 2. The van der Waals surface area contributed by atoms with E-state index in [1.54, 1.807) is 12.1 Å². The van der Waals surface area contributed by atoms with E-state index in [0.717, 1.165) is 5.56 Å². The highest BCUT2D eigenvalue weighted by molar-refractivity contribution is 6.32. The molecule has 2 nitrogen and oxygen atoms in total. The molecule has 1 atom stereocenters. The van der Waals surface area contributed by atoms with Crippen LogP contribution in [0.4, 0.5) is 0 Å². The summed E-state index contributed by atoms with van der Waals surface area (Å²) in [7, 11) is 1.90. The molecule has 5 heteroatoms. The highest BCUT2D eigenvalue weighted by atomic mass is 35.5. The zero-order valence-electron chi connectivity index (χ0n) is 11.2. The molecule has 0 radical (unpaired) electrons. The number of nitrogens with one attached hydrogen (secondary N) is 1. The molecule has 20 heavy (non-hydrogen) atoms. The summed E-state index contributed by atoms with van der Waals surface area (Å²) in [6.07, 6.45) is 0. The van der Waals surface area contributed by atoms with E-state index in [0.29, 0.717) is 21.5 Å². The van der Waals surface area contributed by atoms with Gasteiger partial charge in [-0.2, -0.15) is 0 Å². The van der Waals surface area contributed by atoms with E-state index < -0.39 is 0 Å². The van der Waals surface area contributed by atoms with Crippen LogP contribution in [0.2, 0.25) is 10.0 Å². The van der Waals surface area contributed by atoms with Crippen molar-refractivity contribution in [3.8, 4) is 11.5 Å². The van der Waals surface area contributed by atoms with Gasteiger partial charge in [0.15, 0.2) is 0 Å². The maximum Gasteiger partial charge on any atom is 0.146 e. The zero-order chi connectivity index (χ0) is 13.8. The predicted molar refractivity (Wildman–Crippen MR) is 87.7 cm³/mol. The number of halogens is 3. The third kappa shape index (κ3) is 4.03. The molecule has 0 heterocycles. The Morgan fingerprint density at radius 1 is 1.05 bits per heavy atom. The Labute approximate surface area is 135 Å². The second-order valence-corrected chi connectivity index (χ2v) is 5.04. The Kier molecular flexibility index (Phi) is 6.63. The van der Waals surface area contributed by atoms with Gasteiger partial charge in [-0.1, -0.05) is 41.4 Å². The van der Waals surface area contributed by atoms with Gasteiger partial charge < -0.3 is 10.1 Å². The number of ether oxygens (including phenoxy) is 1. The van der Waals surface area contributed by atoms with Crippen LogP contribution < -0.4 is 10.1 Å². The Morgan fingerprint density at radius 2 is 1.75 bits per heavy atom. The standard InChI is InChI=1S/C15H15Cl2NO.ClH/c1-10(18-2)12-8-7-11(9-14(12)17)19-15-6-4-3-5-13(15)16;/h3-10,18H,1-2H3;1H. The van der Waals surface area contributed by atoms with E-state index >= 15 is 0 Å². The molecule has 0 aromatic heterocycles. The molecule has 0 saturated carbocycles. The quantitative estimate of drug-likeness (QED) is 0.799. The monoisotopic (exact) mass is 331 g/mol. The highest BCUT2D eigenvalue weighted by Crippen LogP contribution is 2.32. The van der Waals surface area contributed by atoms with Gasteiger partial charge in [0, 0.05) is 11.1 Å². The maximum absolute atomic E-state index is 6.26. The van der Waals surface area contributed by atoms with Crippen molar-refractivity contribution in [1.29, 1.82) is 0 Å². The molecule has 1 N–H and O–H groups in total. The first-order valence-electron chi connectivity index (χ1n) is 6.01. The lowest BCUT2D eigenvalue weighted by molar-refractivity contribution is 0.482. The van der Waals surface area contributed by atoms with Gasteiger partial charge >= 0.3 is 0 Å². The van der Waals surface area contributed by atoms with Gasteiger partial charge in [0.1, 0.15) is 11.5 Å². The van der Waals surface area contributed by atoms with Crippen molar-refractivity contribution in [2.75, 3.05) is 7.05 Å². The Balaban J connectivity index is 0.00000200. The van der Waals surface area contributed by atoms with Gasteiger partial charge in [0.05, 0.1) is 5.02 Å². The largest absolute Gasteiger partial charge is 0.456 e. The molecular formula is C15H16Cl3NO. The van der Waals surface area contributed by atoms with E-state index in [-0.39, 0.29) is 18.4 Å². The maximum atomic E-state index is 6.26. The van der Waals surface area contributed by atoms with Gasteiger partial charge in [-0.15, -0.1) is 12.4 Å². The van der Waals surface area contributed by atoms with Gasteiger partial charge in [-0.25, -0.2) is 0 Å². The lowest BCUT2D eigenvalue weighted by Gasteiger charge is -2.14. The molecule has 1 unspecified atom stereocenters. The zero-order valence-corrected chi connectivity index (χ0v) is 13.5. The molecule has 0 aliphatic heterocycles.